The van der Waals surface area contributed by atoms with Crippen molar-refractivity contribution in [1.82, 2.24) is 10.6 Å². The van der Waals surface area contributed by atoms with Gasteiger partial charge in [-0.1, -0.05) is 18.2 Å². The monoisotopic (exact) mass is 341 g/mol. The molecule has 2 N–H and O–H groups in total. The highest BCUT2D eigenvalue weighted by atomic mass is 19.4. The van der Waals surface area contributed by atoms with Gasteiger partial charge in [0.05, 0.1) is 6.26 Å². The van der Waals surface area contributed by atoms with Crippen LogP contribution in [0.15, 0.2) is 52.1 Å². The molecule has 0 saturated heterocycles. The molecule has 24 heavy (non-hydrogen) atoms. The lowest BCUT2D eigenvalue weighted by Gasteiger charge is -2.15. The van der Waals surface area contributed by atoms with Gasteiger partial charge in [-0.15, -0.1) is 13.2 Å². The Morgan fingerprint density at radius 2 is 1.96 bits per heavy atom. The molecule has 0 aliphatic heterocycles. The van der Waals surface area contributed by atoms with Crippen LogP contribution in [-0.2, 0) is 13.0 Å². The number of guanidine groups is 1. The van der Waals surface area contributed by atoms with Crippen LogP contribution in [0.5, 0.6) is 5.75 Å². The zero-order chi connectivity index (χ0) is 17.4. The summed E-state index contributed by atoms with van der Waals surface area (Å²) in [6.07, 6.45) is -2.46. The fourth-order valence-electron chi connectivity index (χ4n) is 2.03. The smallest absolute Gasteiger partial charge is 0.469 e. The first kappa shape index (κ1) is 17.7. The van der Waals surface area contributed by atoms with Crippen molar-refractivity contribution in [2.75, 3.05) is 13.6 Å². The summed E-state index contributed by atoms with van der Waals surface area (Å²) in [4.78, 5) is 4.03. The van der Waals surface area contributed by atoms with Crippen molar-refractivity contribution in [3.8, 4) is 5.75 Å². The molecule has 0 radical (unpaired) electrons. The summed E-state index contributed by atoms with van der Waals surface area (Å²) < 4.78 is 46.4. The number of furan rings is 1. The number of para-hydroxylation sites is 1. The van der Waals surface area contributed by atoms with Crippen LogP contribution in [0.1, 0.15) is 11.3 Å². The molecule has 0 aliphatic carbocycles. The van der Waals surface area contributed by atoms with Crippen molar-refractivity contribution >= 4 is 5.96 Å². The minimum Gasteiger partial charge on any atom is -0.469 e. The van der Waals surface area contributed by atoms with Crippen molar-refractivity contribution in [3.63, 3.8) is 0 Å². The lowest BCUT2D eigenvalue weighted by Crippen LogP contribution is -2.38. The minimum atomic E-state index is -4.72. The Kier molecular flexibility index (Phi) is 6.11. The molecule has 2 aromatic rings. The van der Waals surface area contributed by atoms with E-state index in [1.54, 1.807) is 31.5 Å². The molecule has 0 amide bonds. The van der Waals surface area contributed by atoms with Crippen molar-refractivity contribution in [3.05, 3.63) is 54.0 Å². The number of halogens is 3. The second-order valence-electron chi connectivity index (χ2n) is 4.84. The van der Waals surface area contributed by atoms with Gasteiger partial charge in [0.15, 0.2) is 5.96 Å². The van der Waals surface area contributed by atoms with E-state index in [9.17, 15) is 13.2 Å². The molecule has 5 nitrogen and oxygen atoms in total. The third-order valence-electron chi connectivity index (χ3n) is 3.11. The molecule has 1 aromatic heterocycles. The second kappa shape index (κ2) is 8.28. The number of rotatable bonds is 6. The number of hydrogen-bond acceptors (Lipinski definition) is 3. The highest BCUT2D eigenvalue weighted by Gasteiger charge is 2.31. The van der Waals surface area contributed by atoms with Crippen LogP contribution in [0.4, 0.5) is 13.2 Å². The number of benzene rings is 1. The molecular weight excluding hydrogens is 323 g/mol. The third-order valence-corrected chi connectivity index (χ3v) is 3.11. The molecule has 2 rings (SSSR count). The summed E-state index contributed by atoms with van der Waals surface area (Å²) in [6, 6.07) is 9.64. The van der Waals surface area contributed by atoms with E-state index in [4.69, 9.17) is 4.42 Å². The number of ether oxygens (including phenoxy) is 1. The minimum absolute atomic E-state index is 0.146. The van der Waals surface area contributed by atoms with Gasteiger partial charge in [-0.05, 0) is 18.2 Å². The summed E-state index contributed by atoms with van der Waals surface area (Å²) in [5, 5.41) is 6.01. The van der Waals surface area contributed by atoms with E-state index in [-0.39, 0.29) is 12.3 Å². The van der Waals surface area contributed by atoms with Gasteiger partial charge in [-0.3, -0.25) is 4.99 Å². The Labute approximate surface area is 137 Å². The first-order valence-electron chi connectivity index (χ1n) is 7.28. The molecule has 0 bridgehead atoms. The van der Waals surface area contributed by atoms with Gasteiger partial charge in [-0.2, -0.15) is 0 Å². The number of alkyl halides is 3. The van der Waals surface area contributed by atoms with Crippen LogP contribution < -0.4 is 15.4 Å². The average Bonchev–Trinajstić information content (AvgIpc) is 3.04. The first-order valence-corrected chi connectivity index (χ1v) is 7.28. The van der Waals surface area contributed by atoms with Crippen LogP contribution in [-0.4, -0.2) is 25.9 Å². The number of hydrogen-bond donors (Lipinski definition) is 2. The molecule has 0 fully saturated rings. The lowest BCUT2D eigenvalue weighted by atomic mass is 10.2. The van der Waals surface area contributed by atoms with Crippen molar-refractivity contribution in [2.24, 2.45) is 4.99 Å². The van der Waals surface area contributed by atoms with Gasteiger partial charge in [0, 0.05) is 32.1 Å². The summed E-state index contributed by atoms with van der Waals surface area (Å²) in [5.41, 5.74) is 0.379. The van der Waals surface area contributed by atoms with E-state index in [2.05, 4.69) is 20.4 Å². The molecule has 0 spiro atoms. The van der Waals surface area contributed by atoms with E-state index in [1.807, 2.05) is 6.07 Å². The molecule has 130 valence electrons. The summed E-state index contributed by atoms with van der Waals surface area (Å²) >= 11 is 0. The highest BCUT2D eigenvalue weighted by Crippen LogP contribution is 2.25. The number of aliphatic imine (C=N–C) groups is 1. The van der Waals surface area contributed by atoms with Crippen LogP contribution in [0, 0.1) is 0 Å². The van der Waals surface area contributed by atoms with Crippen molar-refractivity contribution in [2.45, 2.75) is 19.3 Å². The van der Waals surface area contributed by atoms with Crippen molar-refractivity contribution < 1.29 is 22.3 Å². The molecule has 0 atom stereocenters. The quantitative estimate of drug-likeness (QED) is 0.626. The number of nitrogens with one attached hydrogen (secondary N) is 2. The van der Waals surface area contributed by atoms with Crippen LogP contribution in [0.3, 0.4) is 0 Å². The standard InChI is InChI=1S/C16H18F3N3O2/c1-20-15(21-9-8-13-6-4-10-23-13)22-11-12-5-2-3-7-14(12)24-16(17,18)19/h2-7,10H,8-9,11H2,1H3,(H2,20,21,22). The second-order valence-corrected chi connectivity index (χ2v) is 4.84. The number of nitrogens with zero attached hydrogens (tertiary/aromatic N) is 1. The average molecular weight is 341 g/mol. The lowest BCUT2D eigenvalue weighted by molar-refractivity contribution is -0.274. The maximum absolute atomic E-state index is 12.4. The molecule has 8 heteroatoms. The Hall–Kier alpha value is -2.64. The zero-order valence-electron chi connectivity index (χ0n) is 13.1. The zero-order valence-corrected chi connectivity index (χ0v) is 13.1. The predicted molar refractivity (Wildman–Crippen MR) is 83.7 cm³/mol. The van der Waals surface area contributed by atoms with E-state index >= 15 is 0 Å². The van der Waals surface area contributed by atoms with E-state index in [0.717, 1.165) is 5.76 Å². The predicted octanol–water partition coefficient (Wildman–Crippen LogP) is 3.09. The van der Waals surface area contributed by atoms with E-state index < -0.39 is 6.36 Å². The van der Waals surface area contributed by atoms with Crippen molar-refractivity contribution in [1.29, 1.82) is 0 Å². The largest absolute Gasteiger partial charge is 0.573 e. The molecule has 0 aliphatic rings. The fraction of sp³-hybridized carbons (Fsp3) is 0.312. The molecule has 1 heterocycles. The van der Waals surface area contributed by atoms with Gasteiger partial charge < -0.3 is 19.8 Å². The topological polar surface area (TPSA) is 58.8 Å². The van der Waals surface area contributed by atoms with Crippen LogP contribution >= 0.6 is 0 Å². The Bertz CT molecular complexity index is 655. The summed E-state index contributed by atoms with van der Waals surface area (Å²) in [5.74, 6) is 1.08. The van der Waals surface area contributed by atoms with Gasteiger partial charge >= 0.3 is 6.36 Å². The van der Waals surface area contributed by atoms with Gasteiger partial charge in [0.2, 0.25) is 0 Å². The van der Waals surface area contributed by atoms with Gasteiger partial charge in [-0.25, -0.2) is 0 Å². The normalized spacial score (nSPS) is 12.1. The molecule has 0 unspecified atom stereocenters. The fourth-order valence-corrected chi connectivity index (χ4v) is 2.03. The van der Waals surface area contributed by atoms with Crippen LogP contribution in [0.2, 0.25) is 0 Å². The maximum atomic E-state index is 12.4. The molecule has 1 aromatic carbocycles. The Morgan fingerprint density at radius 3 is 2.62 bits per heavy atom. The van der Waals surface area contributed by atoms with Crippen LogP contribution in [0.25, 0.3) is 0 Å². The van der Waals surface area contributed by atoms with E-state index in [0.29, 0.717) is 24.5 Å². The summed E-state index contributed by atoms with van der Waals surface area (Å²) in [7, 11) is 1.58. The molecule has 0 saturated carbocycles. The maximum Gasteiger partial charge on any atom is 0.573 e. The Balaban J connectivity index is 1.86. The van der Waals surface area contributed by atoms with Gasteiger partial charge in [0.1, 0.15) is 11.5 Å². The van der Waals surface area contributed by atoms with E-state index in [1.165, 1.54) is 12.1 Å². The Morgan fingerprint density at radius 1 is 1.17 bits per heavy atom. The summed E-state index contributed by atoms with van der Waals surface area (Å²) in [6.45, 7) is 0.723. The SMILES string of the molecule is CN=C(NCCc1ccco1)NCc1ccccc1OC(F)(F)F. The molecular formula is C16H18F3N3O2. The first-order chi connectivity index (χ1) is 11.5. The van der Waals surface area contributed by atoms with Gasteiger partial charge in [0.25, 0.3) is 0 Å². The highest BCUT2D eigenvalue weighted by molar-refractivity contribution is 5.79. The third kappa shape index (κ3) is 5.86.